The molecule has 0 radical (unpaired) electrons. The van der Waals surface area contributed by atoms with E-state index in [0.717, 1.165) is 5.69 Å². The SMILES string of the molecule is CNCc1noc(-c2cc(Cl)cn2C)n1. The fourth-order valence-corrected chi connectivity index (χ4v) is 1.57. The molecule has 0 saturated heterocycles. The van der Waals surface area contributed by atoms with Crippen LogP contribution in [-0.4, -0.2) is 21.8 Å². The van der Waals surface area contributed by atoms with Gasteiger partial charge in [0.05, 0.1) is 11.6 Å². The van der Waals surface area contributed by atoms with Gasteiger partial charge in [0.2, 0.25) is 0 Å². The predicted octanol–water partition coefficient (Wildman–Crippen LogP) is 1.45. The van der Waals surface area contributed by atoms with Gasteiger partial charge in [-0.2, -0.15) is 4.98 Å². The first kappa shape index (κ1) is 10.2. The lowest BCUT2D eigenvalue weighted by Gasteiger charge is -1.94. The highest BCUT2D eigenvalue weighted by atomic mass is 35.5. The van der Waals surface area contributed by atoms with E-state index in [-0.39, 0.29) is 0 Å². The maximum absolute atomic E-state index is 5.86. The van der Waals surface area contributed by atoms with E-state index in [4.69, 9.17) is 16.1 Å². The topological polar surface area (TPSA) is 55.9 Å². The number of nitrogens with zero attached hydrogens (tertiary/aromatic N) is 3. The lowest BCUT2D eigenvalue weighted by Crippen LogP contribution is -2.06. The van der Waals surface area contributed by atoms with Gasteiger partial charge in [-0.05, 0) is 13.1 Å². The van der Waals surface area contributed by atoms with Gasteiger partial charge in [-0.25, -0.2) is 0 Å². The van der Waals surface area contributed by atoms with E-state index in [9.17, 15) is 0 Å². The molecule has 2 aromatic rings. The third kappa shape index (κ3) is 2.03. The molecule has 0 aliphatic heterocycles. The van der Waals surface area contributed by atoms with Crippen molar-refractivity contribution in [1.82, 2.24) is 20.0 Å². The van der Waals surface area contributed by atoms with Crippen LogP contribution in [0.25, 0.3) is 11.6 Å². The first-order valence-corrected chi connectivity index (χ1v) is 4.88. The molecule has 0 spiro atoms. The maximum Gasteiger partial charge on any atom is 0.274 e. The Hall–Kier alpha value is -1.33. The minimum absolute atomic E-state index is 0.481. The number of aromatic nitrogens is 3. The average Bonchev–Trinajstić information content (AvgIpc) is 2.73. The highest BCUT2D eigenvalue weighted by molar-refractivity contribution is 6.30. The summed E-state index contributed by atoms with van der Waals surface area (Å²) in [6, 6.07) is 1.79. The molecule has 2 heterocycles. The van der Waals surface area contributed by atoms with Crippen LogP contribution in [0.4, 0.5) is 0 Å². The van der Waals surface area contributed by atoms with Crippen LogP contribution in [0, 0.1) is 0 Å². The first-order chi connectivity index (χ1) is 7.20. The molecule has 0 amide bonds. The highest BCUT2D eigenvalue weighted by Gasteiger charge is 2.12. The van der Waals surface area contributed by atoms with E-state index >= 15 is 0 Å². The molecule has 0 unspecified atom stereocenters. The third-order valence-corrected chi connectivity index (χ3v) is 2.20. The summed E-state index contributed by atoms with van der Waals surface area (Å²) in [6.45, 7) is 0.585. The Bertz CT molecular complexity index is 462. The molecule has 0 saturated carbocycles. The molecule has 0 aliphatic carbocycles. The fraction of sp³-hybridized carbons (Fsp3) is 0.333. The summed E-state index contributed by atoms with van der Waals surface area (Å²) in [5, 5.41) is 7.43. The number of hydrogen-bond acceptors (Lipinski definition) is 4. The quantitative estimate of drug-likeness (QED) is 0.861. The second kappa shape index (κ2) is 4.04. The Kier molecular flexibility index (Phi) is 2.75. The standard InChI is InChI=1S/C9H11ClN4O/c1-11-4-8-12-9(15-13-8)7-3-6(10)5-14(7)2/h3,5,11H,4H2,1-2H3. The largest absolute Gasteiger partial charge is 0.345 e. The average molecular weight is 227 g/mol. The summed E-state index contributed by atoms with van der Waals surface area (Å²) in [5.74, 6) is 1.11. The normalized spacial score (nSPS) is 10.9. The van der Waals surface area contributed by atoms with Crippen molar-refractivity contribution in [1.29, 1.82) is 0 Å². The zero-order valence-electron chi connectivity index (χ0n) is 8.49. The molecule has 0 aromatic carbocycles. The van der Waals surface area contributed by atoms with Crippen molar-refractivity contribution in [3.8, 4) is 11.6 Å². The van der Waals surface area contributed by atoms with E-state index in [1.54, 1.807) is 12.3 Å². The summed E-state index contributed by atoms with van der Waals surface area (Å²) in [5.41, 5.74) is 0.815. The molecule has 0 fully saturated rings. The van der Waals surface area contributed by atoms with E-state index in [1.807, 2.05) is 18.7 Å². The van der Waals surface area contributed by atoms with E-state index in [1.165, 1.54) is 0 Å². The molecule has 2 aromatic heterocycles. The zero-order valence-corrected chi connectivity index (χ0v) is 9.25. The lowest BCUT2D eigenvalue weighted by atomic mass is 10.4. The Morgan fingerprint density at radius 1 is 1.60 bits per heavy atom. The number of halogens is 1. The summed E-state index contributed by atoms with van der Waals surface area (Å²) in [6.07, 6.45) is 1.79. The lowest BCUT2D eigenvalue weighted by molar-refractivity contribution is 0.418. The second-order valence-corrected chi connectivity index (χ2v) is 3.64. The maximum atomic E-state index is 5.86. The number of rotatable bonds is 3. The van der Waals surface area contributed by atoms with Crippen molar-refractivity contribution >= 4 is 11.6 Å². The monoisotopic (exact) mass is 226 g/mol. The molecule has 2 rings (SSSR count). The molecule has 5 nitrogen and oxygen atoms in total. The molecule has 80 valence electrons. The first-order valence-electron chi connectivity index (χ1n) is 4.50. The Morgan fingerprint density at radius 3 is 3.00 bits per heavy atom. The molecule has 1 N–H and O–H groups in total. The summed E-state index contributed by atoms with van der Waals surface area (Å²) in [7, 11) is 3.71. The van der Waals surface area contributed by atoms with Crippen molar-refractivity contribution in [3.05, 3.63) is 23.1 Å². The highest BCUT2D eigenvalue weighted by Crippen LogP contribution is 2.22. The third-order valence-electron chi connectivity index (χ3n) is 1.99. The van der Waals surface area contributed by atoms with Gasteiger partial charge in [-0.1, -0.05) is 16.8 Å². The van der Waals surface area contributed by atoms with Gasteiger partial charge in [0.25, 0.3) is 5.89 Å². The molecule has 0 aliphatic rings. The van der Waals surface area contributed by atoms with Crippen molar-refractivity contribution in [2.45, 2.75) is 6.54 Å². The van der Waals surface area contributed by atoms with Crippen LogP contribution in [0.1, 0.15) is 5.82 Å². The summed E-state index contributed by atoms with van der Waals surface area (Å²) < 4.78 is 6.96. The molecule has 0 bridgehead atoms. The Labute approximate surface area is 92.0 Å². The molecule has 15 heavy (non-hydrogen) atoms. The van der Waals surface area contributed by atoms with Crippen LogP contribution in [0.5, 0.6) is 0 Å². The van der Waals surface area contributed by atoms with Crippen molar-refractivity contribution in [3.63, 3.8) is 0 Å². The Morgan fingerprint density at radius 2 is 2.40 bits per heavy atom. The predicted molar refractivity (Wildman–Crippen MR) is 56.5 cm³/mol. The van der Waals surface area contributed by atoms with Gasteiger partial charge in [-0.15, -0.1) is 0 Å². The van der Waals surface area contributed by atoms with Crippen LogP contribution in [-0.2, 0) is 13.6 Å². The van der Waals surface area contributed by atoms with Gasteiger partial charge in [0.1, 0.15) is 5.69 Å². The van der Waals surface area contributed by atoms with Crippen molar-refractivity contribution in [2.75, 3.05) is 7.05 Å². The summed E-state index contributed by atoms with van der Waals surface area (Å²) >= 11 is 5.86. The van der Waals surface area contributed by atoms with Crippen molar-refractivity contribution < 1.29 is 4.52 Å². The van der Waals surface area contributed by atoms with Gasteiger partial charge < -0.3 is 14.4 Å². The minimum Gasteiger partial charge on any atom is -0.345 e. The Balaban J connectivity index is 2.32. The number of nitrogens with one attached hydrogen (secondary N) is 1. The summed E-state index contributed by atoms with van der Waals surface area (Å²) in [4.78, 5) is 4.22. The van der Waals surface area contributed by atoms with E-state index in [0.29, 0.717) is 23.3 Å². The van der Waals surface area contributed by atoms with Gasteiger partial charge in [0.15, 0.2) is 5.82 Å². The second-order valence-electron chi connectivity index (χ2n) is 3.20. The van der Waals surface area contributed by atoms with Crippen LogP contribution in [0.3, 0.4) is 0 Å². The fourth-order valence-electron chi connectivity index (χ4n) is 1.32. The van der Waals surface area contributed by atoms with Crippen LogP contribution in [0.15, 0.2) is 16.8 Å². The van der Waals surface area contributed by atoms with Crippen LogP contribution < -0.4 is 5.32 Å². The van der Waals surface area contributed by atoms with Gasteiger partial charge >= 0.3 is 0 Å². The van der Waals surface area contributed by atoms with E-state index < -0.39 is 0 Å². The molecule has 6 heteroatoms. The van der Waals surface area contributed by atoms with Crippen LogP contribution >= 0.6 is 11.6 Å². The molecule has 0 atom stereocenters. The number of aryl methyl sites for hydroxylation is 1. The molecular weight excluding hydrogens is 216 g/mol. The minimum atomic E-state index is 0.481. The van der Waals surface area contributed by atoms with Gasteiger partial charge in [-0.3, -0.25) is 0 Å². The van der Waals surface area contributed by atoms with Crippen molar-refractivity contribution in [2.24, 2.45) is 7.05 Å². The van der Waals surface area contributed by atoms with Gasteiger partial charge in [0, 0.05) is 13.2 Å². The smallest absolute Gasteiger partial charge is 0.274 e. The van der Waals surface area contributed by atoms with Crippen LogP contribution in [0.2, 0.25) is 5.02 Å². The van der Waals surface area contributed by atoms with E-state index in [2.05, 4.69) is 15.5 Å². The molecular formula is C9H11ClN4O. The number of hydrogen-bond donors (Lipinski definition) is 1. The zero-order chi connectivity index (χ0) is 10.8.